The van der Waals surface area contributed by atoms with E-state index in [1.807, 2.05) is 22.8 Å². The van der Waals surface area contributed by atoms with Gasteiger partial charge >= 0.3 is 6.03 Å². The Labute approximate surface area is 178 Å². The van der Waals surface area contributed by atoms with Crippen molar-refractivity contribution in [1.82, 2.24) is 25.4 Å². The van der Waals surface area contributed by atoms with Crippen LogP contribution in [-0.4, -0.2) is 66.4 Å². The number of hydrogen-bond acceptors (Lipinski definition) is 7. The van der Waals surface area contributed by atoms with E-state index in [0.717, 1.165) is 12.0 Å². The number of carbonyl (C=O) groups excluding carboxylic acids is 2. The van der Waals surface area contributed by atoms with Gasteiger partial charge in [0.05, 0.1) is 17.4 Å². The number of halogens is 1. The standard InChI is InChI=1S/C18H24ClN5O4S/c1-27-10-5-9-24-16(13-6-3-4-7-14(13)19)22-23-18(24)29-12-15(25)21-17(26)20-8-11-28-2/h3-4,6-7H,5,8-12H2,1-2H3,(H2,20,21,25,26). The summed E-state index contributed by atoms with van der Waals surface area (Å²) >= 11 is 7.50. The zero-order valence-electron chi connectivity index (χ0n) is 16.3. The number of urea groups is 1. The van der Waals surface area contributed by atoms with Crippen LogP contribution in [0.1, 0.15) is 6.42 Å². The van der Waals surface area contributed by atoms with Gasteiger partial charge in [-0.05, 0) is 18.6 Å². The predicted molar refractivity (Wildman–Crippen MR) is 111 cm³/mol. The highest BCUT2D eigenvalue weighted by Crippen LogP contribution is 2.29. The zero-order chi connectivity index (χ0) is 21.1. The number of hydrogen-bond donors (Lipinski definition) is 2. The van der Waals surface area contributed by atoms with Gasteiger partial charge in [0.25, 0.3) is 0 Å². The molecule has 0 aliphatic rings. The summed E-state index contributed by atoms with van der Waals surface area (Å²) in [6.07, 6.45) is 0.744. The molecular weight excluding hydrogens is 418 g/mol. The van der Waals surface area contributed by atoms with Gasteiger partial charge < -0.3 is 19.4 Å². The van der Waals surface area contributed by atoms with Crippen LogP contribution in [-0.2, 0) is 20.8 Å². The Balaban J connectivity index is 2.05. The second-order valence-electron chi connectivity index (χ2n) is 5.87. The summed E-state index contributed by atoms with van der Waals surface area (Å²) in [6.45, 7) is 1.86. The first kappa shape index (κ1) is 23.1. The Morgan fingerprint density at radius 2 is 1.93 bits per heavy atom. The highest BCUT2D eigenvalue weighted by molar-refractivity contribution is 7.99. The summed E-state index contributed by atoms with van der Waals surface area (Å²) in [5, 5.41) is 14.4. The van der Waals surface area contributed by atoms with Gasteiger partial charge in [-0.1, -0.05) is 35.5 Å². The van der Waals surface area contributed by atoms with Crippen LogP contribution in [0, 0.1) is 0 Å². The van der Waals surface area contributed by atoms with Crippen LogP contribution in [0.2, 0.25) is 5.02 Å². The number of nitrogens with one attached hydrogen (secondary N) is 2. The molecule has 1 heterocycles. The maximum atomic E-state index is 12.0. The molecule has 0 fully saturated rings. The number of amides is 3. The van der Waals surface area contributed by atoms with Crippen molar-refractivity contribution < 1.29 is 19.1 Å². The van der Waals surface area contributed by atoms with E-state index in [-0.39, 0.29) is 5.75 Å². The van der Waals surface area contributed by atoms with Gasteiger partial charge in [-0.15, -0.1) is 10.2 Å². The molecular formula is C18H24ClN5O4S. The molecule has 11 heteroatoms. The second-order valence-corrected chi connectivity index (χ2v) is 7.22. The van der Waals surface area contributed by atoms with E-state index in [1.54, 1.807) is 13.2 Å². The molecule has 0 saturated carbocycles. The van der Waals surface area contributed by atoms with Gasteiger partial charge in [-0.2, -0.15) is 0 Å². The Bertz CT molecular complexity index is 817. The molecule has 9 nitrogen and oxygen atoms in total. The van der Waals surface area contributed by atoms with Crippen molar-refractivity contribution in [2.75, 3.05) is 39.7 Å². The lowest BCUT2D eigenvalue weighted by molar-refractivity contribution is -0.117. The number of rotatable bonds is 11. The van der Waals surface area contributed by atoms with Gasteiger partial charge in [0.15, 0.2) is 11.0 Å². The topological polar surface area (TPSA) is 107 Å². The van der Waals surface area contributed by atoms with Crippen molar-refractivity contribution in [3.63, 3.8) is 0 Å². The fraction of sp³-hybridized carbons (Fsp3) is 0.444. The molecule has 0 aliphatic carbocycles. The Morgan fingerprint density at radius 3 is 2.66 bits per heavy atom. The minimum Gasteiger partial charge on any atom is -0.385 e. The van der Waals surface area contributed by atoms with E-state index in [1.165, 1.54) is 18.9 Å². The maximum Gasteiger partial charge on any atom is 0.321 e. The molecule has 2 aromatic rings. The normalized spacial score (nSPS) is 10.7. The number of thioether (sulfide) groups is 1. The summed E-state index contributed by atoms with van der Waals surface area (Å²) < 4.78 is 11.9. The molecule has 1 aromatic carbocycles. The largest absolute Gasteiger partial charge is 0.385 e. The van der Waals surface area contributed by atoms with E-state index in [2.05, 4.69) is 20.8 Å². The number of methoxy groups -OCH3 is 2. The first-order valence-electron chi connectivity index (χ1n) is 8.93. The Hall–Kier alpha value is -2.14. The van der Waals surface area contributed by atoms with E-state index < -0.39 is 11.9 Å². The summed E-state index contributed by atoms with van der Waals surface area (Å²) in [5.41, 5.74) is 0.757. The molecule has 29 heavy (non-hydrogen) atoms. The van der Waals surface area contributed by atoms with Gasteiger partial charge in [-0.25, -0.2) is 4.79 Å². The molecule has 3 amide bonds. The molecule has 0 aliphatic heterocycles. The van der Waals surface area contributed by atoms with Crippen LogP contribution >= 0.6 is 23.4 Å². The summed E-state index contributed by atoms with van der Waals surface area (Å²) in [7, 11) is 3.17. The third-order valence-corrected chi connectivity index (χ3v) is 5.04. The highest BCUT2D eigenvalue weighted by atomic mass is 35.5. The lowest BCUT2D eigenvalue weighted by Crippen LogP contribution is -2.41. The predicted octanol–water partition coefficient (Wildman–Crippen LogP) is 2.20. The number of ether oxygens (including phenoxy) is 2. The highest BCUT2D eigenvalue weighted by Gasteiger charge is 2.18. The van der Waals surface area contributed by atoms with Crippen molar-refractivity contribution in [2.45, 2.75) is 18.1 Å². The lowest BCUT2D eigenvalue weighted by Gasteiger charge is -2.11. The fourth-order valence-electron chi connectivity index (χ4n) is 2.41. The first-order valence-corrected chi connectivity index (χ1v) is 10.3. The fourth-order valence-corrected chi connectivity index (χ4v) is 3.39. The summed E-state index contributed by atoms with van der Waals surface area (Å²) in [5.74, 6) is 0.199. The van der Waals surface area contributed by atoms with Gasteiger partial charge in [0, 0.05) is 39.5 Å². The van der Waals surface area contributed by atoms with Crippen LogP contribution < -0.4 is 10.6 Å². The van der Waals surface area contributed by atoms with Crippen molar-refractivity contribution in [1.29, 1.82) is 0 Å². The zero-order valence-corrected chi connectivity index (χ0v) is 17.9. The number of aromatic nitrogens is 3. The average molecular weight is 442 g/mol. The Kier molecular flexibility index (Phi) is 9.92. The maximum absolute atomic E-state index is 12.0. The van der Waals surface area contributed by atoms with Gasteiger partial charge in [0.1, 0.15) is 0 Å². The molecule has 0 spiro atoms. The number of imide groups is 1. The Morgan fingerprint density at radius 1 is 1.17 bits per heavy atom. The number of nitrogens with zero attached hydrogens (tertiary/aromatic N) is 3. The van der Waals surface area contributed by atoms with Crippen molar-refractivity contribution in [3.8, 4) is 11.4 Å². The smallest absolute Gasteiger partial charge is 0.321 e. The van der Waals surface area contributed by atoms with Crippen LogP contribution in [0.25, 0.3) is 11.4 Å². The quantitative estimate of drug-likeness (QED) is 0.406. The SMILES string of the molecule is COCCCn1c(SCC(=O)NC(=O)NCCOC)nnc1-c1ccccc1Cl. The van der Waals surface area contributed by atoms with E-state index in [4.69, 9.17) is 21.1 Å². The van der Waals surface area contributed by atoms with Crippen molar-refractivity contribution in [2.24, 2.45) is 0 Å². The third-order valence-electron chi connectivity index (χ3n) is 3.74. The monoisotopic (exact) mass is 441 g/mol. The number of carbonyl (C=O) groups is 2. The van der Waals surface area contributed by atoms with E-state index >= 15 is 0 Å². The molecule has 0 bridgehead atoms. The number of benzene rings is 1. The van der Waals surface area contributed by atoms with Crippen molar-refractivity contribution >= 4 is 35.3 Å². The molecule has 2 N–H and O–H groups in total. The molecule has 2 rings (SSSR count). The van der Waals surface area contributed by atoms with Crippen LogP contribution in [0.4, 0.5) is 4.79 Å². The molecule has 0 saturated heterocycles. The molecule has 0 radical (unpaired) electrons. The van der Waals surface area contributed by atoms with E-state index in [0.29, 0.717) is 42.3 Å². The van der Waals surface area contributed by atoms with Crippen molar-refractivity contribution in [3.05, 3.63) is 29.3 Å². The summed E-state index contributed by atoms with van der Waals surface area (Å²) in [4.78, 5) is 23.7. The molecule has 0 unspecified atom stereocenters. The van der Waals surface area contributed by atoms with Gasteiger partial charge in [0.2, 0.25) is 5.91 Å². The molecule has 1 aromatic heterocycles. The minimum absolute atomic E-state index is 0.0165. The van der Waals surface area contributed by atoms with Crippen LogP contribution in [0.3, 0.4) is 0 Å². The average Bonchev–Trinajstić information content (AvgIpc) is 3.10. The first-order chi connectivity index (χ1) is 14.1. The third kappa shape index (κ3) is 7.32. The minimum atomic E-state index is -0.564. The molecule has 158 valence electrons. The summed E-state index contributed by atoms with van der Waals surface area (Å²) in [6, 6.07) is 6.80. The van der Waals surface area contributed by atoms with Crippen LogP contribution in [0.5, 0.6) is 0 Å². The van der Waals surface area contributed by atoms with Crippen LogP contribution in [0.15, 0.2) is 29.4 Å². The lowest BCUT2D eigenvalue weighted by atomic mass is 10.2. The second kappa shape index (κ2) is 12.4. The molecule has 0 atom stereocenters. The van der Waals surface area contributed by atoms with Gasteiger partial charge in [-0.3, -0.25) is 10.1 Å². The van der Waals surface area contributed by atoms with E-state index in [9.17, 15) is 9.59 Å².